The Kier molecular flexibility index (Phi) is 6.52. The Morgan fingerprint density at radius 1 is 1.12 bits per heavy atom. The van der Waals surface area contributed by atoms with E-state index in [0.717, 1.165) is 0 Å². The van der Waals surface area contributed by atoms with Gasteiger partial charge in [-0.15, -0.1) is 0 Å². The lowest BCUT2D eigenvalue weighted by atomic mass is 10.2. The number of carbonyl (C=O) groups is 1. The van der Waals surface area contributed by atoms with Gasteiger partial charge >= 0.3 is 11.1 Å². The number of carbonyl (C=O) groups excluding carboxylic acids is 1. The molecule has 1 amide bonds. The molecule has 0 bridgehead atoms. The molecule has 0 aliphatic carbocycles. The van der Waals surface area contributed by atoms with E-state index in [0.29, 0.717) is 37.2 Å². The summed E-state index contributed by atoms with van der Waals surface area (Å²) in [7, 11) is 0. The quantitative estimate of drug-likeness (QED) is 0.573. The first-order valence-electron chi connectivity index (χ1n) is 8.56. The first-order chi connectivity index (χ1) is 12.0. The molecule has 0 saturated heterocycles. The minimum absolute atomic E-state index is 0.158. The van der Waals surface area contributed by atoms with Crippen LogP contribution in [0.15, 0.2) is 33.9 Å². The van der Waals surface area contributed by atoms with Crippen molar-refractivity contribution in [3.8, 4) is 0 Å². The number of para-hydroxylation sites is 2. The number of rotatable bonds is 8. The molecule has 7 nitrogen and oxygen atoms in total. The number of fused-ring (bicyclic) bond motifs is 1. The van der Waals surface area contributed by atoms with E-state index in [2.05, 4.69) is 5.32 Å². The van der Waals surface area contributed by atoms with Crippen LogP contribution in [0, 0.1) is 0 Å². The fraction of sp³-hybridized carbons (Fsp3) is 0.500. The molecule has 0 fully saturated rings. The number of nitrogens with one attached hydrogen (secondary N) is 1. The van der Waals surface area contributed by atoms with Crippen molar-refractivity contribution in [2.24, 2.45) is 0 Å². The van der Waals surface area contributed by atoms with E-state index in [1.54, 1.807) is 24.3 Å². The van der Waals surface area contributed by atoms with E-state index >= 15 is 0 Å². The van der Waals surface area contributed by atoms with E-state index in [1.807, 2.05) is 20.8 Å². The Bertz CT molecular complexity index is 852. The summed E-state index contributed by atoms with van der Waals surface area (Å²) in [6.07, 6.45) is 0.850. The zero-order valence-electron chi connectivity index (χ0n) is 14.9. The van der Waals surface area contributed by atoms with Gasteiger partial charge in [-0.1, -0.05) is 12.1 Å². The number of nitrogens with zero attached hydrogens (tertiary/aromatic N) is 2. The van der Waals surface area contributed by atoms with Crippen molar-refractivity contribution in [2.75, 3.05) is 13.2 Å². The largest absolute Gasteiger partial charge is 0.379 e. The highest BCUT2D eigenvalue weighted by Gasteiger charge is 2.14. The van der Waals surface area contributed by atoms with Crippen LogP contribution in [0.3, 0.4) is 0 Å². The summed E-state index contributed by atoms with van der Waals surface area (Å²) in [5.74, 6) is -0.301. The molecule has 136 valence electrons. The molecule has 0 saturated carbocycles. The summed E-state index contributed by atoms with van der Waals surface area (Å²) < 4.78 is 8.08. The molecule has 0 atom stereocenters. The Labute approximate surface area is 146 Å². The second kappa shape index (κ2) is 8.62. The molecule has 0 spiro atoms. The zero-order valence-corrected chi connectivity index (χ0v) is 14.9. The van der Waals surface area contributed by atoms with Gasteiger partial charge in [0.1, 0.15) is 6.54 Å². The third-order valence-electron chi connectivity index (χ3n) is 3.85. The molecule has 0 unspecified atom stereocenters. The number of benzene rings is 1. The van der Waals surface area contributed by atoms with E-state index < -0.39 is 11.1 Å². The van der Waals surface area contributed by atoms with Gasteiger partial charge in [-0.3, -0.25) is 19.0 Å². The maximum atomic E-state index is 12.4. The van der Waals surface area contributed by atoms with E-state index in [1.165, 1.54) is 9.13 Å². The van der Waals surface area contributed by atoms with Crippen LogP contribution in [0.4, 0.5) is 0 Å². The number of ether oxygens (including phenoxy) is 1. The van der Waals surface area contributed by atoms with Crippen LogP contribution < -0.4 is 16.4 Å². The van der Waals surface area contributed by atoms with Crippen LogP contribution in [0.25, 0.3) is 11.0 Å². The number of aryl methyl sites for hydroxylation is 1. The molecule has 0 aliphatic heterocycles. The molecule has 2 rings (SSSR count). The fourth-order valence-electron chi connectivity index (χ4n) is 2.66. The SMILES string of the molecule is CCn1c(=O)c(=O)n(CC(=O)NCCCOC(C)C)c2ccccc21. The second-order valence-corrected chi connectivity index (χ2v) is 6.05. The molecule has 2 aromatic rings. The standard InChI is InChI=1S/C18H25N3O4/c1-4-20-14-8-5-6-9-15(14)21(18(24)17(20)23)12-16(22)19-10-7-11-25-13(2)3/h5-6,8-9,13H,4,7,10-12H2,1-3H3,(H,19,22). The van der Waals surface area contributed by atoms with Gasteiger partial charge in [0.2, 0.25) is 5.91 Å². The van der Waals surface area contributed by atoms with Crippen LogP contribution in [-0.2, 0) is 22.6 Å². The average Bonchev–Trinajstić information content (AvgIpc) is 2.59. The topological polar surface area (TPSA) is 82.3 Å². The Morgan fingerprint density at radius 2 is 1.72 bits per heavy atom. The number of hydrogen-bond donors (Lipinski definition) is 1. The summed E-state index contributed by atoms with van der Waals surface area (Å²) in [6, 6.07) is 7.10. The first-order valence-corrected chi connectivity index (χ1v) is 8.56. The van der Waals surface area contributed by atoms with Crippen molar-refractivity contribution in [3.05, 3.63) is 45.0 Å². The second-order valence-electron chi connectivity index (χ2n) is 6.05. The molecule has 25 heavy (non-hydrogen) atoms. The monoisotopic (exact) mass is 347 g/mol. The Hall–Kier alpha value is -2.41. The van der Waals surface area contributed by atoms with Crippen molar-refractivity contribution >= 4 is 16.9 Å². The predicted octanol–water partition coefficient (Wildman–Crippen LogP) is 1.11. The Balaban J connectivity index is 2.16. The first kappa shape index (κ1) is 18.9. The maximum Gasteiger partial charge on any atom is 0.317 e. The van der Waals surface area contributed by atoms with Crippen molar-refractivity contribution in [1.29, 1.82) is 0 Å². The van der Waals surface area contributed by atoms with Gasteiger partial charge in [-0.05, 0) is 39.3 Å². The van der Waals surface area contributed by atoms with Crippen LogP contribution in [-0.4, -0.2) is 34.3 Å². The lowest BCUT2D eigenvalue weighted by Gasteiger charge is -2.14. The van der Waals surface area contributed by atoms with Gasteiger partial charge < -0.3 is 14.6 Å². The summed E-state index contributed by atoms with van der Waals surface area (Å²) in [4.78, 5) is 36.8. The van der Waals surface area contributed by atoms with Crippen molar-refractivity contribution in [2.45, 2.75) is 46.4 Å². The van der Waals surface area contributed by atoms with Crippen molar-refractivity contribution in [3.63, 3.8) is 0 Å². The van der Waals surface area contributed by atoms with Gasteiger partial charge in [0.05, 0.1) is 17.1 Å². The van der Waals surface area contributed by atoms with E-state index in [-0.39, 0.29) is 18.6 Å². The smallest absolute Gasteiger partial charge is 0.317 e. The molecule has 1 heterocycles. The minimum atomic E-state index is -0.682. The highest BCUT2D eigenvalue weighted by atomic mass is 16.5. The molecular formula is C18H25N3O4. The van der Waals surface area contributed by atoms with Gasteiger partial charge in [0.15, 0.2) is 0 Å². The van der Waals surface area contributed by atoms with E-state index in [9.17, 15) is 14.4 Å². The number of aromatic nitrogens is 2. The molecule has 1 aromatic heterocycles. The van der Waals surface area contributed by atoms with Crippen LogP contribution >= 0.6 is 0 Å². The highest BCUT2D eigenvalue weighted by Crippen LogP contribution is 2.10. The van der Waals surface area contributed by atoms with Crippen LogP contribution in [0.1, 0.15) is 27.2 Å². The van der Waals surface area contributed by atoms with Crippen LogP contribution in [0.5, 0.6) is 0 Å². The zero-order chi connectivity index (χ0) is 18.4. The third-order valence-corrected chi connectivity index (χ3v) is 3.85. The molecule has 0 radical (unpaired) electrons. The fourth-order valence-corrected chi connectivity index (χ4v) is 2.66. The molecule has 1 aromatic carbocycles. The summed E-state index contributed by atoms with van der Waals surface area (Å²) in [5.41, 5.74) is -0.0712. The van der Waals surface area contributed by atoms with Crippen molar-refractivity contribution < 1.29 is 9.53 Å². The van der Waals surface area contributed by atoms with Gasteiger partial charge in [-0.25, -0.2) is 0 Å². The van der Waals surface area contributed by atoms with Gasteiger partial charge in [0, 0.05) is 19.7 Å². The molecular weight excluding hydrogens is 322 g/mol. The third kappa shape index (κ3) is 4.57. The van der Waals surface area contributed by atoms with Crippen molar-refractivity contribution in [1.82, 2.24) is 14.5 Å². The molecule has 7 heteroatoms. The van der Waals surface area contributed by atoms with E-state index in [4.69, 9.17) is 4.74 Å². The molecule has 0 aliphatic rings. The molecule has 1 N–H and O–H groups in total. The predicted molar refractivity (Wildman–Crippen MR) is 96.9 cm³/mol. The summed E-state index contributed by atoms with van der Waals surface area (Å²) in [6.45, 7) is 6.96. The Morgan fingerprint density at radius 3 is 2.32 bits per heavy atom. The number of hydrogen-bond acceptors (Lipinski definition) is 4. The average molecular weight is 347 g/mol. The summed E-state index contributed by atoms with van der Waals surface area (Å²) in [5, 5.41) is 2.76. The van der Waals surface area contributed by atoms with Gasteiger partial charge in [-0.2, -0.15) is 0 Å². The maximum absolute atomic E-state index is 12.4. The highest BCUT2D eigenvalue weighted by molar-refractivity contribution is 5.80. The minimum Gasteiger partial charge on any atom is -0.379 e. The van der Waals surface area contributed by atoms with Gasteiger partial charge in [0.25, 0.3) is 0 Å². The summed E-state index contributed by atoms with van der Waals surface area (Å²) >= 11 is 0. The lowest BCUT2D eigenvalue weighted by molar-refractivity contribution is -0.121. The lowest BCUT2D eigenvalue weighted by Crippen LogP contribution is -2.43. The number of amides is 1. The normalized spacial score (nSPS) is 11.2. The van der Waals surface area contributed by atoms with Crippen LogP contribution in [0.2, 0.25) is 0 Å².